The minimum Gasteiger partial charge on any atom is -0.481 e. The monoisotopic (exact) mass is 1070 g/mol. The smallest absolute Gasteiger partial charge is 0.326 e. The molecule has 0 aliphatic heterocycles. The highest BCUT2D eigenvalue weighted by Gasteiger charge is 2.26. The topological polar surface area (TPSA) is 441 Å². The van der Waals surface area contributed by atoms with Gasteiger partial charge in [-0.15, -0.1) is 45.3 Å². The summed E-state index contributed by atoms with van der Waals surface area (Å²) in [5, 5.41) is 41.8. The van der Waals surface area contributed by atoms with Crippen molar-refractivity contribution in [2.45, 2.75) is 75.7 Å². The van der Waals surface area contributed by atoms with Crippen LogP contribution >= 0.6 is 45.3 Å². The average Bonchev–Trinajstić information content (AvgIpc) is 4.16. The van der Waals surface area contributed by atoms with Crippen LogP contribution in [-0.4, -0.2) is 131 Å². The van der Waals surface area contributed by atoms with Crippen LogP contribution in [0.5, 0.6) is 0 Å². The molecule has 0 saturated carbocycles. The zero-order valence-corrected chi connectivity index (χ0v) is 41.6. The maximum Gasteiger partial charge on any atom is 0.326 e. The molecule has 0 aliphatic carbocycles. The second-order valence-electron chi connectivity index (χ2n) is 15.6. The number of carbonyl (C=O) groups is 9. The van der Waals surface area contributed by atoms with Gasteiger partial charge in [0.2, 0.25) is 35.4 Å². The molecule has 19 N–H and O–H groups in total. The van der Waals surface area contributed by atoms with E-state index in [0.29, 0.717) is 11.3 Å². The van der Waals surface area contributed by atoms with Gasteiger partial charge in [-0.05, 0) is 74.2 Å². The molecule has 72 heavy (non-hydrogen) atoms. The lowest BCUT2D eigenvalue weighted by atomic mass is 10.1. The molecule has 0 aliphatic rings. The Bertz CT molecular complexity index is 2630. The van der Waals surface area contributed by atoms with Crippen molar-refractivity contribution >= 4 is 111 Å². The summed E-state index contributed by atoms with van der Waals surface area (Å²) in [7, 11) is 0. The number of thiophene rings is 4. The second kappa shape index (κ2) is 28.4. The molecule has 0 bridgehead atoms. The number of carboxylic acids is 3. The van der Waals surface area contributed by atoms with Gasteiger partial charge in [0.1, 0.15) is 18.1 Å². The lowest BCUT2D eigenvalue weighted by molar-refractivity contribution is -0.147. The molecule has 4 heterocycles. The van der Waals surface area contributed by atoms with E-state index < -0.39 is 103 Å². The fraction of sp³-hybridized carbons (Fsp3) is 0.372. The van der Waals surface area contributed by atoms with Gasteiger partial charge < -0.3 is 75.9 Å². The Balaban J connectivity index is 1.33. The minimum atomic E-state index is -1.71. The molecule has 4 rings (SSSR count). The van der Waals surface area contributed by atoms with Gasteiger partial charge in [-0.3, -0.25) is 48.3 Å². The number of nitrogens with two attached hydrogens (primary N) is 5. The number of amides is 6. The fourth-order valence-corrected chi connectivity index (χ4v) is 10.6. The summed E-state index contributed by atoms with van der Waals surface area (Å²) in [6, 6.07) is 10.4. The van der Waals surface area contributed by atoms with Crippen molar-refractivity contribution in [2.24, 2.45) is 38.7 Å². The lowest BCUT2D eigenvalue weighted by Gasteiger charge is -2.19. The number of rotatable bonds is 30. The van der Waals surface area contributed by atoms with Crippen molar-refractivity contribution in [3.05, 3.63) is 58.3 Å². The van der Waals surface area contributed by atoms with E-state index >= 15 is 0 Å². The number of aliphatic imine (C=N–C) groups is 2. The van der Waals surface area contributed by atoms with Crippen LogP contribution in [0, 0.1) is 0 Å². The molecular weight excluding hydrogens is 1020 g/mol. The molecule has 4 unspecified atom stereocenters. The number of carboxylic acid groups (broad SMARTS) is 3. The molecule has 29 heteroatoms. The van der Waals surface area contributed by atoms with Crippen LogP contribution in [0.2, 0.25) is 0 Å². The van der Waals surface area contributed by atoms with Crippen molar-refractivity contribution in [1.29, 1.82) is 0 Å². The number of nitrogens with one attached hydrogen (secondary N) is 6. The van der Waals surface area contributed by atoms with Crippen molar-refractivity contribution in [3.63, 3.8) is 0 Å². The predicted molar refractivity (Wildman–Crippen MR) is 272 cm³/mol. The normalized spacial score (nSPS) is 12.5. The quantitative estimate of drug-likeness (QED) is 0.0173. The van der Waals surface area contributed by atoms with Crippen molar-refractivity contribution in [2.75, 3.05) is 26.2 Å². The molecule has 4 aromatic heterocycles. The fourth-order valence-electron chi connectivity index (χ4n) is 6.40. The second-order valence-corrected chi connectivity index (χ2v) is 20.1. The van der Waals surface area contributed by atoms with E-state index in [-0.39, 0.29) is 57.2 Å². The van der Waals surface area contributed by atoms with E-state index in [9.17, 15) is 48.3 Å². The minimum absolute atomic E-state index is 0.0647. The Labute approximate surface area is 427 Å². The third kappa shape index (κ3) is 19.7. The molecule has 0 radical (unpaired) electrons. The van der Waals surface area contributed by atoms with E-state index in [0.717, 1.165) is 34.1 Å². The molecule has 0 spiro atoms. The first-order valence-electron chi connectivity index (χ1n) is 21.8. The Morgan fingerprint density at radius 3 is 1.38 bits per heavy atom. The SMILES string of the molecule is NC(N)=NCCCC(NC(=O)CNC(=O)C(N)CC(=O)O)C(=O)NCc1ccc(-c2ccc(-c3ccc(-c4ccc(CC(=O)NC(CCCN=C(N)N)C(=O)NCC(=O)NC(CC(=O)O)C(=O)O)s4)s3)s2)s1. The van der Waals surface area contributed by atoms with Gasteiger partial charge in [0.25, 0.3) is 0 Å². The summed E-state index contributed by atoms with van der Waals surface area (Å²) >= 11 is 6.03. The summed E-state index contributed by atoms with van der Waals surface area (Å²) in [4.78, 5) is 125. The first kappa shape index (κ1) is 57.1. The van der Waals surface area contributed by atoms with Gasteiger partial charge >= 0.3 is 17.9 Å². The Hall–Kier alpha value is -7.47. The highest BCUT2D eigenvalue weighted by molar-refractivity contribution is 7.28. The first-order chi connectivity index (χ1) is 34.2. The molecule has 388 valence electrons. The van der Waals surface area contributed by atoms with Crippen LogP contribution in [0.25, 0.3) is 29.3 Å². The van der Waals surface area contributed by atoms with Crippen LogP contribution in [0.3, 0.4) is 0 Å². The molecule has 0 fully saturated rings. The lowest BCUT2D eigenvalue weighted by Crippen LogP contribution is -2.51. The predicted octanol–water partition coefficient (Wildman–Crippen LogP) is -0.752. The molecule has 25 nitrogen and oxygen atoms in total. The molecule has 0 saturated heterocycles. The maximum atomic E-state index is 13.3. The number of hydrogen-bond donors (Lipinski definition) is 14. The van der Waals surface area contributed by atoms with E-state index in [4.69, 9.17) is 38.9 Å². The summed E-state index contributed by atoms with van der Waals surface area (Å²) in [6.07, 6.45) is -0.665. The first-order valence-corrected chi connectivity index (χ1v) is 25.1. The third-order valence-corrected chi connectivity index (χ3v) is 14.7. The van der Waals surface area contributed by atoms with E-state index in [1.807, 2.05) is 53.8 Å². The zero-order valence-electron chi connectivity index (χ0n) is 38.3. The Morgan fingerprint density at radius 2 is 0.903 bits per heavy atom. The number of carbonyl (C=O) groups excluding carboxylic acids is 6. The summed E-state index contributed by atoms with van der Waals surface area (Å²) < 4.78 is 0. The van der Waals surface area contributed by atoms with Gasteiger partial charge in [-0.1, -0.05) is 0 Å². The zero-order chi connectivity index (χ0) is 52.9. The largest absolute Gasteiger partial charge is 0.481 e. The molecule has 0 aromatic carbocycles. The van der Waals surface area contributed by atoms with E-state index in [2.05, 4.69) is 36.6 Å². The van der Waals surface area contributed by atoms with Crippen LogP contribution in [0.1, 0.15) is 48.3 Å². The van der Waals surface area contributed by atoms with Gasteiger partial charge in [-0.2, -0.15) is 0 Å². The highest BCUT2D eigenvalue weighted by atomic mass is 32.1. The summed E-state index contributed by atoms with van der Waals surface area (Å²) in [5.74, 6) is -8.73. The highest BCUT2D eigenvalue weighted by Crippen LogP contribution is 2.43. The van der Waals surface area contributed by atoms with Crippen LogP contribution in [0.4, 0.5) is 0 Å². The van der Waals surface area contributed by atoms with Crippen molar-refractivity contribution in [1.82, 2.24) is 31.9 Å². The number of hydrogen-bond acceptors (Lipinski definition) is 16. The van der Waals surface area contributed by atoms with Crippen LogP contribution in [-0.2, 0) is 56.1 Å². The molecule has 6 amide bonds. The van der Waals surface area contributed by atoms with Gasteiger partial charge in [0.15, 0.2) is 11.9 Å². The van der Waals surface area contributed by atoms with E-state index in [1.54, 1.807) is 22.7 Å². The average molecular weight is 1070 g/mol. The molecule has 4 aromatic rings. The third-order valence-electron chi connectivity index (χ3n) is 9.82. The van der Waals surface area contributed by atoms with Gasteiger partial charge in [0, 0.05) is 52.1 Å². The van der Waals surface area contributed by atoms with Crippen molar-refractivity contribution in [3.8, 4) is 29.3 Å². The van der Waals surface area contributed by atoms with E-state index in [1.165, 1.54) is 22.7 Å². The number of nitrogens with zero attached hydrogens (tertiary/aromatic N) is 2. The summed E-state index contributed by atoms with van der Waals surface area (Å²) in [5.41, 5.74) is 27.1. The molecule has 4 atom stereocenters. The van der Waals surface area contributed by atoms with Gasteiger partial charge in [-0.25, -0.2) is 4.79 Å². The number of aliphatic carboxylic acids is 3. The van der Waals surface area contributed by atoms with Gasteiger partial charge in [0.05, 0.1) is 44.9 Å². The summed E-state index contributed by atoms with van der Waals surface area (Å²) in [6.45, 7) is -0.687. The number of guanidine groups is 2. The maximum absolute atomic E-state index is 13.3. The Morgan fingerprint density at radius 1 is 0.500 bits per heavy atom. The standard InChI is InChI=1S/C43H55N13O12S4/c44-23(16-36(60)61)38(64)52-19-34(58)55-25(4-2-14-50-43(47)48)39(65)51-18-22-6-8-28(70-22)30-10-12-32(72-30)31-11-9-29(71-31)27-7-5-21(69-27)15-33(57)54-24(3-1-13-49-42(45)46)40(66)53-20-35(59)56-26(41(67)68)17-37(62)63/h5-12,23-26H,1-4,13-20,44H2,(H,51,65)(H,52,64)(H,53,66)(H,54,57)(H,55,58)(H,56,59)(H,60,61)(H,62,63)(H,67,68)(H4,45,46,49)(H4,47,48,50). The molecular formula is C43H55N13O12S4. The van der Waals surface area contributed by atoms with Crippen molar-refractivity contribution < 1.29 is 58.5 Å². The van der Waals surface area contributed by atoms with Crippen LogP contribution in [0.15, 0.2) is 58.5 Å². The van der Waals surface area contributed by atoms with Crippen LogP contribution < -0.4 is 60.6 Å². The Kier molecular flexibility index (Phi) is 22.5.